The highest BCUT2D eigenvalue weighted by Crippen LogP contribution is 2.35. The zero-order chi connectivity index (χ0) is 25.1. The van der Waals surface area contributed by atoms with Gasteiger partial charge in [-0.15, -0.1) is 0 Å². The summed E-state index contributed by atoms with van der Waals surface area (Å²) < 4.78 is 5.80. The lowest BCUT2D eigenvalue weighted by Crippen LogP contribution is -2.23. The number of aliphatic imine (C=N–C) groups is 1. The van der Waals surface area contributed by atoms with Crippen LogP contribution >= 0.6 is 46.6 Å². The molecule has 0 aromatic heterocycles. The maximum atomic E-state index is 12.7. The van der Waals surface area contributed by atoms with Gasteiger partial charge < -0.3 is 9.84 Å². The molecule has 0 unspecified atom stereocenters. The van der Waals surface area contributed by atoms with E-state index < -0.39 is 5.97 Å². The minimum absolute atomic E-state index is 0.120. The van der Waals surface area contributed by atoms with Crippen molar-refractivity contribution in [2.75, 3.05) is 7.05 Å². The average Bonchev–Trinajstić information content (AvgIpc) is 3.07. The van der Waals surface area contributed by atoms with E-state index >= 15 is 0 Å². The molecule has 178 valence electrons. The van der Waals surface area contributed by atoms with Crippen LogP contribution in [-0.2, 0) is 11.4 Å². The van der Waals surface area contributed by atoms with Crippen LogP contribution in [0.5, 0.6) is 5.75 Å². The Morgan fingerprint density at radius 1 is 1.09 bits per heavy atom. The van der Waals surface area contributed by atoms with Gasteiger partial charge in [-0.25, -0.2) is 9.79 Å². The van der Waals surface area contributed by atoms with Gasteiger partial charge in [-0.05, 0) is 65.9 Å². The Hall–Kier alpha value is -2.97. The highest BCUT2D eigenvalue weighted by Gasteiger charge is 2.30. The molecule has 1 amide bonds. The van der Waals surface area contributed by atoms with Crippen LogP contribution in [0.25, 0.3) is 6.08 Å². The Labute approximate surface area is 220 Å². The second-order valence-electron chi connectivity index (χ2n) is 7.44. The van der Waals surface area contributed by atoms with Gasteiger partial charge in [0.15, 0.2) is 5.17 Å². The monoisotopic (exact) mass is 546 g/mol. The predicted octanol–water partition coefficient (Wildman–Crippen LogP) is 7.16. The summed E-state index contributed by atoms with van der Waals surface area (Å²) >= 11 is 19.7. The van der Waals surface area contributed by atoms with Crippen LogP contribution < -0.4 is 4.74 Å². The molecule has 6 nitrogen and oxygen atoms in total. The molecule has 1 fully saturated rings. The van der Waals surface area contributed by atoms with E-state index in [0.29, 0.717) is 42.1 Å². The second-order valence-corrected chi connectivity index (χ2v) is 9.70. The Balaban J connectivity index is 1.50. The zero-order valence-electron chi connectivity index (χ0n) is 18.2. The standard InChI is InChI=1S/C25H17Cl3N2O4S/c1-30-23(31)22(35-25(30)29-18-4-2-3-15(11-18)24(32)33)10-14-5-8-21(20(28)9-14)34-13-16-6-7-17(26)12-19(16)27/h2-12H,13H2,1H3,(H,32,33)/b22-10-,29-25?. The molecule has 0 bridgehead atoms. The van der Waals surface area contributed by atoms with E-state index in [0.717, 1.165) is 5.56 Å². The number of halogens is 3. The van der Waals surface area contributed by atoms with Crippen LogP contribution in [-0.4, -0.2) is 34.1 Å². The number of carbonyl (C=O) groups is 2. The molecule has 0 radical (unpaired) electrons. The van der Waals surface area contributed by atoms with Crippen molar-refractivity contribution >= 4 is 75.4 Å². The Morgan fingerprint density at radius 2 is 1.89 bits per heavy atom. The first-order chi connectivity index (χ1) is 16.7. The first-order valence-electron chi connectivity index (χ1n) is 10.2. The predicted molar refractivity (Wildman–Crippen MR) is 141 cm³/mol. The Kier molecular flexibility index (Phi) is 7.72. The van der Waals surface area contributed by atoms with E-state index in [-0.39, 0.29) is 18.1 Å². The Bertz CT molecular complexity index is 1390. The number of amidine groups is 1. The molecule has 0 aliphatic carbocycles. The van der Waals surface area contributed by atoms with E-state index in [1.165, 1.54) is 28.8 Å². The van der Waals surface area contributed by atoms with E-state index in [4.69, 9.17) is 44.6 Å². The average molecular weight is 548 g/mol. The summed E-state index contributed by atoms with van der Waals surface area (Å²) in [5.41, 5.74) is 2.05. The maximum absolute atomic E-state index is 12.7. The molecule has 1 N–H and O–H groups in total. The van der Waals surface area contributed by atoms with Gasteiger partial charge in [0, 0.05) is 22.7 Å². The van der Waals surface area contributed by atoms with Gasteiger partial charge in [0.25, 0.3) is 5.91 Å². The van der Waals surface area contributed by atoms with Crippen molar-refractivity contribution in [3.8, 4) is 5.75 Å². The summed E-state index contributed by atoms with van der Waals surface area (Å²) in [7, 11) is 1.61. The molecule has 10 heteroatoms. The molecule has 4 rings (SSSR count). The fourth-order valence-electron chi connectivity index (χ4n) is 3.14. The lowest BCUT2D eigenvalue weighted by atomic mass is 10.2. The minimum atomic E-state index is -1.04. The van der Waals surface area contributed by atoms with Crippen molar-refractivity contribution in [1.29, 1.82) is 0 Å². The third-order valence-electron chi connectivity index (χ3n) is 4.97. The number of amides is 1. The number of hydrogen-bond donors (Lipinski definition) is 1. The van der Waals surface area contributed by atoms with Crippen LogP contribution in [0.15, 0.2) is 70.6 Å². The zero-order valence-corrected chi connectivity index (χ0v) is 21.3. The molecule has 0 saturated carbocycles. The normalized spacial score (nSPS) is 15.8. The molecule has 1 aliphatic heterocycles. The van der Waals surface area contributed by atoms with Crippen molar-refractivity contribution in [3.63, 3.8) is 0 Å². The number of hydrogen-bond acceptors (Lipinski definition) is 5. The third-order valence-corrected chi connectivity index (χ3v) is 6.92. The summed E-state index contributed by atoms with van der Waals surface area (Å²) in [6.45, 7) is 0.220. The molecule has 0 atom stereocenters. The van der Waals surface area contributed by atoms with E-state index in [9.17, 15) is 9.59 Å². The first kappa shape index (κ1) is 25.1. The molecular formula is C25H17Cl3N2O4S. The van der Waals surface area contributed by atoms with Crippen molar-refractivity contribution in [3.05, 3.63) is 97.3 Å². The summed E-state index contributed by atoms with van der Waals surface area (Å²) in [5.74, 6) is -0.795. The molecule has 1 saturated heterocycles. The molecule has 3 aromatic carbocycles. The smallest absolute Gasteiger partial charge is 0.335 e. The third kappa shape index (κ3) is 6.00. The molecule has 1 heterocycles. The van der Waals surface area contributed by atoms with E-state index in [1.807, 2.05) is 0 Å². The summed E-state index contributed by atoms with van der Waals surface area (Å²) in [5, 5.41) is 11.0. The van der Waals surface area contributed by atoms with E-state index in [2.05, 4.69) is 4.99 Å². The summed E-state index contributed by atoms with van der Waals surface area (Å²) in [6, 6.07) is 16.6. The molecule has 35 heavy (non-hydrogen) atoms. The van der Waals surface area contributed by atoms with Crippen molar-refractivity contribution in [1.82, 2.24) is 4.90 Å². The largest absolute Gasteiger partial charge is 0.487 e. The number of rotatable bonds is 6. The summed E-state index contributed by atoms with van der Waals surface area (Å²) in [4.78, 5) is 30.2. The van der Waals surface area contributed by atoms with Gasteiger partial charge >= 0.3 is 5.97 Å². The molecular weight excluding hydrogens is 531 g/mol. The van der Waals surface area contributed by atoms with Gasteiger partial charge in [0.1, 0.15) is 12.4 Å². The quantitative estimate of drug-likeness (QED) is 0.331. The fourth-order valence-corrected chi connectivity index (χ4v) is 4.83. The van der Waals surface area contributed by atoms with E-state index in [1.54, 1.807) is 61.7 Å². The number of ether oxygens (including phenoxy) is 1. The van der Waals surface area contributed by atoms with Crippen LogP contribution in [0.1, 0.15) is 21.5 Å². The number of carbonyl (C=O) groups excluding carboxylic acids is 1. The topological polar surface area (TPSA) is 79.2 Å². The molecule has 3 aromatic rings. The first-order valence-corrected chi connectivity index (χ1v) is 12.1. The fraction of sp³-hybridized carbons (Fsp3) is 0.0800. The highest BCUT2D eigenvalue weighted by atomic mass is 35.5. The van der Waals surface area contributed by atoms with Crippen LogP contribution in [0.4, 0.5) is 5.69 Å². The number of carboxylic acids is 1. The van der Waals surface area contributed by atoms with Crippen LogP contribution in [0, 0.1) is 0 Å². The second kappa shape index (κ2) is 10.7. The minimum Gasteiger partial charge on any atom is -0.487 e. The van der Waals surface area contributed by atoms with Crippen LogP contribution in [0.3, 0.4) is 0 Å². The Morgan fingerprint density at radius 3 is 2.60 bits per heavy atom. The van der Waals surface area contributed by atoms with Gasteiger partial charge in [-0.3, -0.25) is 9.69 Å². The number of carboxylic acid groups (broad SMARTS) is 1. The van der Waals surface area contributed by atoms with Crippen molar-refractivity contribution < 1.29 is 19.4 Å². The highest BCUT2D eigenvalue weighted by molar-refractivity contribution is 8.18. The van der Waals surface area contributed by atoms with Crippen LogP contribution in [0.2, 0.25) is 15.1 Å². The van der Waals surface area contributed by atoms with Crippen molar-refractivity contribution in [2.45, 2.75) is 6.61 Å². The lowest BCUT2D eigenvalue weighted by Gasteiger charge is -2.10. The van der Waals surface area contributed by atoms with Gasteiger partial charge in [-0.1, -0.05) is 53.0 Å². The number of thioether (sulfide) groups is 1. The summed E-state index contributed by atoms with van der Waals surface area (Å²) in [6.07, 6.45) is 1.71. The van der Waals surface area contributed by atoms with Gasteiger partial charge in [0.2, 0.25) is 0 Å². The number of nitrogens with zero attached hydrogens (tertiary/aromatic N) is 2. The SMILES string of the molecule is CN1C(=O)/C(=C/c2ccc(OCc3ccc(Cl)cc3Cl)c(Cl)c2)SC1=Nc1cccc(C(=O)O)c1. The number of aromatic carboxylic acids is 1. The molecule has 1 aliphatic rings. The number of likely N-dealkylation sites (N-methyl/N-ethyl adjacent to an activating group) is 1. The van der Waals surface area contributed by atoms with Gasteiger partial charge in [-0.2, -0.15) is 0 Å². The van der Waals surface area contributed by atoms with Gasteiger partial charge in [0.05, 0.1) is 21.2 Å². The van der Waals surface area contributed by atoms with Crippen molar-refractivity contribution in [2.24, 2.45) is 4.99 Å². The molecule has 0 spiro atoms. The lowest BCUT2D eigenvalue weighted by molar-refractivity contribution is -0.121. The number of benzene rings is 3. The maximum Gasteiger partial charge on any atom is 0.335 e.